The van der Waals surface area contributed by atoms with Crippen LogP contribution in [0.5, 0.6) is 0 Å². The molecule has 0 spiro atoms. The van der Waals surface area contributed by atoms with Gasteiger partial charge in [0, 0.05) is 14.6 Å². The lowest BCUT2D eigenvalue weighted by atomic mass is 10.2. The van der Waals surface area contributed by atoms with Gasteiger partial charge in [-0.1, -0.05) is 28.8 Å². The molecule has 0 amide bonds. The minimum atomic E-state index is -1.04. The molecule has 0 radical (unpaired) electrons. The Labute approximate surface area is 117 Å². The second kappa shape index (κ2) is 5.97. The molecule has 1 aliphatic rings. The first-order valence-electron chi connectivity index (χ1n) is 5.91. The molecular formula is C13H15BrO3S. The molecule has 0 bridgehead atoms. The monoisotopic (exact) mass is 330 g/mol. The fourth-order valence-electron chi connectivity index (χ4n) is 2.21. The zero-order chi connectivity index (χ0) is 13.1. The molecule has 5 heteroatoms. The van der Waals surface area contributed by atoms with Crippen molar-refractivity contribution in [3.8, 4) is 0 Å². The maximum absolute atomic E-state index is 12.4. The number of carbonyl (C=O) groups is 1. The van der Waals surface area contributed by atoms with Crippen LogP contribution in [0.25, 0.3) is 0 Å². The van der Waals surface area contributed by atoms with E-state index in [2.05, 4.69) is 15.9 Å². The highest BCUT2D eigenvalue weighted by Crippen LogP contribution is 2.28. The molecule has 1 aromatic rings. The second-order valence-corrected chi connectivity index (χ2v) is 7.02. The summed E-state index contributed by atoms with van der Waals surface area (Å²) in [5.41, 5.74) is 0.438. The van der Waals surface area contributed by atoms with Crippen molar-refractivity contribution in [2.75, 3.05) is 7.11 Å². The molecule has 0 aromatic heterocycles. The number of hydrogen-bond donors (Lipinski definition) is 0. The summed E-state index contributed by atoms with van der Waals surface area (Å²) in [6.07, 6.45) is 4.31. The van der Waals surface area contributed by atoms with E-state index in [0.717, 1.165) is 30.2 Å². The Balaban J connectivity index is 2.29. The number of methoxy groups -OCH3 is 1. The number of hydrogen-bond acceptors (Lipinski definition) is 3. The number of carbonyl (C=O) groups excluding carboxylic acids is 1. The Kier molecular flexibility index (Phi) is 4.56. The molecular weight excluding hydrogens is 316 g/mol. The minimum Gasteiger partial charge on any atom is -0.465 e. The average Bonchev–Trinajstić information content (AvgIpc) is 2.90. The molecule has 1 fully saturated rings. The summed E-state index contributed by atoms with van der Waals surface area (Å²) >= 11 is 3.35. The SMILES string of the molecule is COC(=O)c1cc(Br)cc(S(=O)C2CCCC2)c1. The first kappa shape index (κ1) is 13.7. The lowest BCUT2D eigenvalue weighted by Crippen LogP contribution is -2.11. The van der Waals surface area contributed by atoms with Crippen LogP contribution in [0, 0.1) is 0 Å². The number of ether oxygens (including phenoxy) is 1. The van der Waals surface area contributed by atoms with Crippen molar-refractivity contribution in [1.82, 2.24) is 0 Å². The van der Waals surface area contributed by atoms with Crippen molar-refractivity contribution in [3.63, 3.8) is 0 Å². The molecule has 2 rings (SSSR count). The van der Waals surface area contributed by atoms with Gasteiger partial charge < -0.3 is 4.74 Å². The molecule has 1 aliphatic carbocycles. The van der Waals surface area contributed by atoms with Crippen molar-refractivity contribution in [2.45, 2.75) is 35.8 Å². The first-order chi connectivity index (χ1) is 8.61. The van der Waals surface area contributed by atoms with E-state index in [-0.39, 0.29) is 5.25 Å². The van der Waals surface area contributed by atoms with Gasteiger partial charge in [0.15, 0.2) is 0 Å². The summed E-state index contributed by atoms with van der Waals surface area (Å²) < 4.78 is 17.8. The average molecular weight is 331 g/mol. The van der Waals surface area contributed by atoms with Crippen LogP contribution in [0.15, 0.2) is 27.6 Å². The van der Waals surface area contributed by atoms with Crippen molar-refractivity contribution in [1.29, 1.82) is 0 Å². The van der Waals surface area contributed by atoms with Crippen molar-refractivity contribution < 1.29 is 13.7 Å². The fraction of sp³-hybridized carbons (Fsp3) is 0.462. The van der Waals surface area contributed by atoms with E-state index in [4.69, 9.17) is 4.74 Å². The quantitative estimate of drug-likeness (QED) is 0.799. The van der Waals surface area contributed by atoms with Crippen LogP contribution in [-0.4, -0.2) is 22.5 Å². The normalized spacial score (nSPS) is 17.7. The molecule has 0 saturated heterocycles. The van der Waals surface area contributed by atoms with Gasteiger partial charge in [-0.2, -0.15) is 0 Å². The zero-order valence-electron chi connectivity index (χ0n) is 10.1. The summed E-state index contributed by atoms with van der Waals surface area (Å²) in [4.78, 5) is 12.2. The van der Waals surface area contributed by atoms with Crippen LogP contribution in [0.1, 0.15) is 36.0 Å². The van der Waals surface area contributed by atoms with Gasteiger partial charge in [-0.05, 0) is 31.0 Å². The fourth-order valence-corrected chi connectivity index (χ4v) is 4.49. The third-order valence-electron chi connectivity index (χ3n) is 3.13. The zero-order valence-corrected chi connectivity index (χ0v) is 12.6. The Bertz CT molecular complexity index is 481. The number of halogens is 1. The van der Waals surface area contributed by atoms with Crippen molar-refractivity contribution in [3.05, 3.63) is 28.2 Å². The number of rotatable bonds is 3. The predicted octanol–water partition coefficient (Wildman–Crippen LogP) is 3.29. The maximum Gasteiger partial charge on any atom is 0.337 e. The van der Waals surface area contributed by atoms with Gasteiger partial charge >= 0.3 is 5.97 Å². The van der Waals surface area contributed by atoms with Crippen molar-refractivity contribution in [2.24, 2.45) is 0 Å². The first-order valence-corrected chi connectivity index (χ1v) is 7.92. The molecule has 1 unspecified atom stereocenters. The van der Waals surface area contributed by atoms with Gasteiger partial charge in [-0.25, -0.2) is 4.79 Å². The lowest BCUT2D eigenvalue weighted by Gasteiger charge is -2.10. The summed E-state index contributed by atoms with van der Waals surface area (Å²) in [5.74, 6) is -0.402. The van der Waals surface area contributed by atoms with Gasteiger partial charge in [-0.3, -0.25) is 4.21 Å². The van der Waals surface area contributed by atoms with E-state index in [1.807, 2.05) is 6.07 Å². The highest BCUT2D eigenvalue weighted by molar-refractivity contribution is 9.10. The summed E-state index contributed by atoms with van der Waals surface area (Å²) in [6, 6.07) is 5.17. The number of esters is 1. The van der Waals surface area contributed by atoms with E-state index >= 15 is 0 Å². The second-order valence-electron chi connectivity index (χ2n) is 4.37. The van der Waals surface area contributed by atoms with Crippen LogP contribution in [0.2, 0.25) is 0 Å². The third kappa shape index (κ3) is 3.01. The smallest absolute Gasteiger partial charge is 0.337 e. The molecule has 98 valence electrons. The van der Waals surface area contributed by atoms with Gasteiger partial charge in [0.1, 0.15) is 0 Å². The summed E-state index contributed by atoms with van der Waals surface area (Å²) in [5, 5.41) is 0.227. The topological polar surface area (TPSA) is 43.4 Å². The van der Waals surface area contributed by atoms with Gasteiger partial charge in [0.25, 0.3) is 0 Å². The third-order valence-corrected chi connectivity index (χ3v) is 5.36. The molecule has 1 aromatic carbocycles. The highest BCUT2D eigenvalue weighted by Gasteiger charge is 2.23. The Morgan fingerprint density at radius 1 is 1.33 bits per heavy atom. The molecule has 1 saturated carbocycles. The van der Waals surface area contributed by atoms with E-state index in [1.165, 1.54) is 7.11 Å². The molecule has 1 atom stereocenters. The van der Waals surface area contributed by atoms with E-state index < -0.39 is 16.8 Å². The highest BCUT2D eigenvalue weighted by atomic mass is 79.9. The molecule has 0 aliphatic heterocycles. The van der Waals surface area contributed by atoms with Gasteiger partial charge in [-0.15, -0.1) is 0 Å². The lowest BCUT2D eigenvalue weighted by molar-refractivity contribution is 0.0600. The molecule has 0 N–H and O–H groups in total. The number of benzene rings is 1. The van der Waals surface area contributed by atoms with Crippen LogP contribution in [-0.2, 0) is 15.5 Å². The minimum absolute atomic E-state index is 0.227. The van der Waals surface area contributed by atoms with Crippen LogP contribution in [0.3, 0.4) is 0 Å². The summed E-state index contributed by atoms with van der Waals surface area (Å²) in [6.45, 7) is 0. The van der Waals surface area contributed by atoms with E-state index in [0.29, 0.717) is 10.5 Å². The van der Waals surface area contributed by atoms with E-state index in [9.17, 15) is 9.00 Å². The van der Waals surface area contributed by atoms with Crippen LogP contribution >= 0.6 is 15.9 Å². The summed E-state index contributed by atoms with van der Waals surface area (Å²) in [7, 11) is 0.308. The molecule has 3 nitrogen and oxygen atoms in total. The molecule has 18 heavy (non-hydrogen) atoms. The van der Waals surface area contributed by atoms with Crippen LogP contribution < -0.4 is 0 Å². The van der Waals surface area contributed by atoms with Crippen LogP contribution in [0.4, 0.5) is 0 Å². The van der Waals surface area contributed by atoms with Gasteiger partial charge in [0.05, 0.1) is 23.5 Å². The predicted molar refractivity (Wildman–Crippen MR) is 74.1 cm³/mol. The Morgan fingerprint density at radius 2 is 2.00 bits per heavy atom. The maximum atomic E-state index is 12.4. The Morgan fingerprint density at radius 3 is 2.61 bits per heavy atom. The molecule has 0 heterocycles. The van der Waals surface area contributed by atoms with E-state index in [1.54, 1.807) is 12.1 Å². The largest absolute Gasteiger partial charge is 0.465 e. The van der Waals surface area contributed by atoms with Crippen molar-refractivity contribution >= 4 is 32.7 Å². The Hall–Kier alpha value is -0.680. The standard InChI is InChI=1S/C13H15BrO3S/c1-17-13(15)9-6-10(14)8-12(7-9)18(16)11-4-2-3-5-11/h6-8,11H,2-5H2,1H3. The van der Waals surface area contributed by atoms with Gasteiger partial charge in [0.2, 0.25) is 0 Å².